The number of nitrogens with zero attached hydrogens (tertiary/aromatic N) is 2. The van der Waals surface area contributed by atoms with Gasteiger partial charge in [-0.15, -0.1) is 0 Å². The number of fused-ring (bicyclic) bond motifs is 1. The van der Waals surface area contributed by atoms with Gasteiger partial charge in [0.05, 0.1) is 16.9 Å². The third-order valence-corrected chi connectivity index (χ3v) is 2.60. The van der Waals surface area contributed by atoms with Crippen LogP contribution in [0, 0.1) is 0 Å². The molecule has 0 radical (unpaired) electrons. The number of anilines is 1. The number of aromatic carboxylic acids is 1. The van der Waals surface area contributed by atoms with Gasteiger partial charge >= 0.3 is 12.1 Å². The zero-order chi connectivity index (χ0) is 13.1. The van der Waals surface area contributed by atoms with E-state index in [1.807, 2.05) is 0 Å². The van der Waals surface area contributed by atoms with Gasteiger partial charge in [0.1, 0.15) is 6.61 Å². The normalized spacial score (nSPS) is 13.0. The molecule has 0 atom stereocenters. The van der Waals surface area contributed by atoms with E-state index in [0.717, 1.165) is 0 Å². The molecule has 6 heteroatoms. The maximum absolute atomic E-state index is 11.7. The molecular weight excluding hydrogens is 236 g/mol. The first-order valence-corrected chi connectivity index (χ1v) is 5.41. The van der Waals surface area contributed by atoms with E-state index in [0.29, 0.717) is 24.3 Å². The summed E-state index contributed by atoms with van der Waals surface area (Å²) < 4.78 is 4.93. The van der Waals surface area contributed by atoms with Gasteiger partial charge < -0.3 is 9.84 Å². The Bertz CT molecular complexity index is 513. The van der Waals surface area contributed by atoms with Crippen molar-refractivity contribution in [3.63, 3.8) is 0 Å². The summed E-state index contributed by atoms with van der Waals surface area (Å²) in [6.45, 7) is 4.02. The Balaban J connectivity index is 2.25. The smallest absolute Gasteiger partial charge is 0.414 e. The number of ether oxygens (including phenoxy) is 1. The van der Waals surface area contributed by atoms with Crippen molar-refractivity contribution in [3.8, 4) is 0 Å². The van der Waals surface area contributed by atoms with E-state index < -0.39 is 12.1 Å². The quantitative estimate of drug-likeness (QED) is 0.819. The molecule has 1 aromatic heterocycles. The third-order valence-electron chi connectivity index (χ3n) is 2.60. The Kier molecular flexibility index (Phi) is 3.27. The number of hydrogen-bond donors (Lipinski definition) is 1. The predicted octanol–water partition coefficient (Wildman–Crippen LogP) is 1.46. The number of carboxylic acids is 1. The minimum absolute atomic E-state index is 0.0529. The van der Waals surface area contributed by atoms with Gasteiger partial charge in [-0.1, -0.05) is 12.7 Å². The van der Waals surface area contributed by atoms with Gasteiger partial charge in [0.25, 0.3) is 0 Å². The predicted molar refractivity (Wildman–Crippen MR) is 63.8 cm³/mol. The van der Waals surface area contributed by atoms with E-state index >= 15 is 0 Å². The van der Waals surface area contributed by atoms with Gasteiger partial charge in [0.15, 0.2) is 0 Å². The molecule has 0 bridgehead atoms. The summed E-state index contributed by atoms with van der Waals surface area (Å²) in [6, 6.07) is 1.44. The maximum atomic E-state index is 11.7. The minimum Gasteiger partial charge on any atom is -0.478 e. The molecule has 0 saturated heterocycles. The number of carbonyl (C=O) groups excluding carboxylic acids is 1. The van der Waals surface area contributed by atoms with Gasteiger partial charge in [0, 0.05) is 19.2 Å². The molecule has 2 rings (SSSR count). The van der Waals surface area contributed by atoms with Crippen molar-refractivity contribution in [2.24, 2.45) is 0 Å². The molecule has 0 aliphatic carbocycles. The van der Waals surface area contributed by atoms with Crippen LogP contribution in [0.1, 0.15) is 16.1 Å². The lowest BCUT2D eigenvalue weighted by molar-refractivity contribution is 0.0696. The molecule has 0 unspecified atom stereocenters. The highest BCUT2D eigenvalue weighted by Crippen LogP contribution is 2.27. The molecule has 1 aliphatic rings. The van der Waals surface area contributed by atoms with E-state index in [2.05, 4.69) is 11.6 Å². The second kappa shape index (κ2) is 4.87. The summed E-state index contributed by atoms with van der Waals surface area (Å²) in [6.07, 6.45) is 2.84. The molecule has 0 saturated carbocycles. The third kappa shape index (κ3) is 2.17. The molecule has 0 aromatic carbocycles. The number of hydrogen-bond acceptors (Lipinski definition) is 4. The molecule has 0 spiro atoms. The number of rotatable bonds is 3. The first-order chi connectivity index (χ1) is 8.63. The van der Waals surface area contributed by atoms with Crippen LogP contribution in [-0.2, 0) is 11.2 Å². The van der Waals surface area contributed by atoms with Crippen LogP contribution in [0.4, 0.5) is 10.5 Å². The van der Waals surface area contributed by atoms with Gasteiger partial charge in [-0.3, -0.25) is 9.88 Å². The van der Waals surface area contributed by atoms with Crippen LogP contribution in [0.3, 0.4) is 0 Å². The van der Waals surface area contributed by atoms with Crippen molar-refractivity contribution in [2.75, 3.05) is 18.1 Å². The fourth-order valence-electron chi connectivity index (χ4n) is 1.76. The standard InChI is InChI=1S/C12H12N2O4/c1-2-5-18-12(17)14-4-3-9-10(14)6-8(7-13-9)11(15)16/h2,6-7H,1,3-5H2,(H,15,16). The average molecular weight is 248 g/mol. The molecule has 2 heterocycles. The van der Waals surface area contributed by atoms with Crippen molar-refractivity contribution < 1.29 is 19.4 Å². The van der Waals surface area contributed by atoms with Crippen molar-refractivity contribution in [1.29, 1.82) is 0 Å². The largest absolute Gasteiger partial charge is 0.478 e. The highest BCUT2D eigenvalue weighted by molar-refractivity contribution is 5.93. The molecule has 18 heavy (non-hydrogen) atoms. The number of aromatic nitrogens is 1. The maximum Gasteiger partial charge on any atom is 0.414 e. The topological polar surface area (TPSA) is 79.7 Å². The van der Waals surface area contributed by atoms with Crippen LogP contribution < -0.4 is 4.90 Å². The summed E-state index contributed by atoms with van der Waals surface area (Å²) in [5.74, 6) is -1.07. The lowest BCUT2D eigenvalue weighted by Gasteiger charge is -2.16. The Hall–Kier alpha value is -2.37. The molecule has 6 nitrogen and oxygen atoms in total. The van der Waals surface area contributed by atoms with Crippen molar-refractivity contribution >= 4 is 17.7 Å². The van der Waals surface area contributed by atoms with E-state index in [-0.39, 0.29) is 12.2 Å². The Morgan fingerprint density at radius 1 is 1.61 bits per heavy atom. The average Bonchev–Trinajstić information content (AvgIpc) is 2.78. The van der Waals surface area contributed by atoms with Gasteiger partial charge in [-0.2, -0.15) is 0 Å². The van der Waals surface area contributed by atoms with Crippen molar-refractivity contribution in [1.82, 2.24) is 4.98 Å². The van der Waals surface area contributed by atoms with E-state index in [1.165, 1.54) is 23.2 Å². The SMILES string of the molecule is C=CCOC(=O)N1CCc2ncc(C(=O)O)cc21. The van der Waals surface area contributed by atoms with Crippen LogP contribution in [0.5, 0.6) is 0 Å². The Morgan fingerprint density at radius 2 is 2.39 bits per heavy atom. The lowest BCUT2D eigenvalue weighted by Crippen LogP contribution is -2.29. The lowest BCUT2D eigenvalue weighted by atomic mass is 10.2. The van der Waals surface area contributed by atoms with Crippen LogP contribution >= 0.6 is 0 Å². The van der Waals surface area contributed by atoms with Gasteiger partial charge in [0.2, 0.25) is 0 Å². The zero-order valence-electron chi connectivity index (χ0n) is 9.63. The first kappa shape index (κ1) is 12.1. The zero-order valence-corrected chi connectivity index (χ0v) is 9.63. The second-order valence-corrected chi connectivity index (χ2v) is 3.76. The van der Waals surface area contributed by atoms with E-state index in [1.54, 1.807) is 0 Å². The van der Waals surface area contributed by atoms with Gasteiger partial charge in [-0.25, -0.2) is 9.59 Å². The molecular formula is C12H12N2O4. The first-order valence-electron chi connectivity index (χ1n) is 5.41. The van der Waals surface area contributed by atoms with Gasteiger partial charge in [-0.05, 0) is 6.07 Å². The highest BCUT2D eigenvalue weighted by Gasteiger charge is 2.27. The molecule has 1 aliphatic heterocycles. The minimum atomic E-state index is -1.07. The van der Waals surface area contributed by atoms with Crippen LogP contribution in [0.15, 0.2) is 24.9 Å². The molecule has 0 fully saturated rings. The summed E-state index contributed by atoms with van der Waals surface area (Å²) in [7, 11) is 0. The van der Waals surface area contributed by atoms with Crippen LogP contribution in [-0.4, -0.2) is 35.3 Å². The van der Waals surface area contributed by atoms with Crippen molar-refractivity contribution in [3.05, 3.63) is 36.2 Å². The highest BCUT2D eigenvalue weighted by atomic mass is 16.6. The van der Waals surface area contributed by atoms with E-state index in [9.17, 15) is 9.59 Å². The number of carboxylic acid groups (broad SMARTS) is 1. The molecule has 1 amide bonds. The number of pyridine rings is 1. The van der Waals surface area contributed by atoms with Crippen LogP contribution in [0.25, 0.3) is 0 Å². The molecule has 1 aromatic rings. The monoisotopic (exact) mass is 248 g/mol. The fourth-order valence-corrected chi connectivity index (χ4v) is 1.76. The molecule has 94 valence electrons. The summed E-state index contributed by atoms with van der Waals surface area (Å²) in [4.78, 5) is 28.0. The second-order valence-electron chi connectivity index (χ2n) is 3.76. The summed E-state index contributed by atoms with van der Waals surface area (Å²) >= 11 is 0. The number of carbonyl (C=O) groups is 2. The summed E-state index contributed by atoms with van der Waals surface area (Å²) in [5.41, 5.74) is 1.26. The number of amides is 1. The summed E-state index contributed by atoms with van der Waals surface area (Å²) in [5, 5.41) is 8.89. The van der Waals surface area contributed by atoms with Crippen LogP contribution in [0.2, 0.25) is 0 Å². The van der Waals surface area contributed by atoms with E-state index in [4.69, 9.17) is 9.84 Å². The Labute approximate surface area is 104 Å². The molecule has 1 N–H and O–H groups in total. The van der Waals surface area contributed by atoms with Crippen molar-refractivity contribution in [2.45, 2.75) is 6.42 Å². The fraction of sp³-hybridized carbons (Fsp3) is 0.250. The Morgan fingerprint density at radius 3 is 3.06 bits per heavy atom.